The predicted molar refractivity (Wildman–Crippen MR) is 79.4 cm³/mol. The summed E-state index contributed by atoms with van der Waals surface area (Å²) in [5, 5.41) is 0.602. The smallest absolute Gasteiger partial charge is 0.338 e. The number of hydrogen-bond acceptors (Lipinski definition) is 3. The van der Waals surface area contributed by atoms with E-state index in [1.807, 2.05) is 6.07 Å². The van der Waals surface area contributed by atoms with Crippen LogP contribution in [0.2, 0.25) is 5.02 Å². The molecule has 0 amide bonds. The molecule has 1 heterocycles. The molecule has 0 aromatic heterocycles. The minimum Gasteiger partial charge on any atom is -0.465 e. The van der Waals surface area contributed by atoms with Crippen molar-refractivity contribution >= 4 is 17.6 Å². The van der Waals surface area contributed by atoms with Gasteiger partial charge < -0.3 is 9.47 Å². The van der Waals surface area contributed by atoms with Gasteiger partial charge in [0.1, 0.15) is 0 Å². The molecule has 1 aliphatic heterocycles. The Bertz CT molecular complexity index is 479. The Hall–Kier alpha value is -1.06. The molecule has 3 nitrogen and oxygen atoms in total. The zero-order valence-electron chi connectivity index (χ0n) is 12.1. The molecule has 1 saturated heterocycles. The van der Waals surface area contributed by atoms with Crippen molar-refractivity contribution in [2.75, 3.05) is 20.3 Å². The normalized spacial score (nSPS) is 16.1. The molecular formula is C16H21ClO3. The summed E-state index contributed by atoms with van der Waals surface area (Å²) in [6.45, 7) is 3.72. The molecule has 0 bridgehead atoms. The van der Waals surface area contributed by atoms with Crippen LogP contribution in [-0.2, 0) is 22.3 Å². The number of ether oxygens (including phenoxy) is 2. The van der Waals surface area contributed by atoms with Crippen molar-refractivity contribution in [2.24, 2.45) is 5.92 Å². The van der Waals surface area contributed by atoms with E-state index in [1.165, 1.54) is 12.7 Å². The van der Waals surface area contributed by atoms with E-state index in [1.54, 1.807) is 6.07 Å². The highest BCUT2D eigenvalue weighted by Crippen LogP contribution is 2.28. The fraction of sp³-hybridized carbons (Fsp3) is 0.562. The summed E-state index contributed by atoms with van der Waals surface area (Å²) in [6.07, 6.45) is 3.91. The molecule has 1 aliphatic rings. The second-order valence-corrected chi connectivity index (χ2v) is 5.63. The average Bonchev–Trinajstić information content (AvgIpc) is 2.47. The second-order valence-electron chi connectivity index (χ2n) is 5.20. The van der Waals surface area contributed by atoms with E-state index in [0.717, 1.165) is 44.5 Å². The minimum absolute atomic E-state index is 0.308. The zero-order chi connectivity index (χ0) is 14.5. The van der Waals surface area contributed by atoms with Gasteiger partial charge in [-0.2, -0.15) is 0 Å². The van der Waals surface area contributed by atoms with Crippen molar-refractivity contribution < 1.29 is 14.3 Å². The number of benzene rings is 1. The van der Waals surface area contributed by atoms with Crippen LogP contribution in [-0.4, -0.2) is 26.3 Å². The standard InChI is InChI=1S/C16H21ClO3/c1-3-14-12(8-11-4-6-20-7-5-11)9-13(17)10-15(14)16(18)19-2/h9-11H,3-8H2,1-2H3. The van der Waals surface area contributed by atoms with E-state index >= 15 is 0 Å². The van der Waals surface area contributed by atoms with Crippen molar-refractivity contribution in [2.45, 2.75) is 32.6 Å². The molecule has 0 atom stereocenters. The van der Waals surface area contributed by atoms with Crippen LogP contribution in [0.1, 0.15) is 41.3 Å². The molecular weight excluding hydrogens is 276 g/mol. The van der Waals surface area contributed by atoms with Crippen LogP contribution in [0.3, 0.4) is 0 Å². The van der Waals surface area contributed by atoms with Gasteiger partial charge in [0.15, 0.2) is 0 Å². The van der Waals surface area contributed by atoms with Gasteiger partial charge in [-0.25, -0.2) is 4.79 Å². The number of carbonyl (C=O) groups is 1. The number of esters is 1. The minimum atomic E-state index is -0.308. The molecule has 4 heteroatoms. The Morgan fingerprint density at radius 1 is 1.40 bits per heavy atom. The van der Waals surface area contributed by atoms with Crippen molar-refractivity contribution in [3.8, 4) is 0 Å². The van der Waals surface area contributed by atoms with Crippen LogP contribution in [0.5, 0.6) is 0 Å². The van der Waals surface area contributed by atoms with E-state index < -0.39 is 0 Å². The molecule has 2 rings (SSSR count). The summed E-state index contributed by atoms with van der Waals surface area (Å²) in [4.78, 5) is 11.9. The summed E-state index contributed by atoms with van der Waals surface area (Å²) < 4.78 is 10.3. The van der Waals surface area contributed by atoms with E-state index in [2.05, 4.69) is 6.92 Å². The van der Waals surface area contributed by atoms with Crippen molar-refractivity contribution in [1.29, 1.82) is 0 Å². The highest BCUT2D eigenvalue weighted by Gasteiger charge is 2.20. The Kier molecular flexibility index (Phi) is 5.44. The van der Waals surface area contributed by atoms with Gasteiger partial charge in [-0.05, 0) is 54.9 Å². The lowest BCUT2D eigenvalue weighted by molar-refractivity contribution is 0.0597. The molecule has 0 aliphatic carbocycles. The Morgan fingerprint density at radius 2 is 2.10 bits per heavy atom. The first-order chi connectivity index (χ1) is 9.65. The first-order valence-electron chi connectivity index (χ1n) is 7.13. The van der Waals surface area contributed by atoms with E-state index in [-0.39, 0.29) is 5.97 Å². The van der Waals surface area contributed by atoms with Crippen LogP contribution in [0.15, 0.2) is 12.1 Å². The fourth-order valence-corrected chi connectivity index (χ4v) is 3.09. The maximum Gasteiger partial charge on any atom is 0.338 e. The van der Waals surface area contributed by atoms with Crippen LogP contribution >= 0.6 is 11.6 Å². The Morgan fingerprint density at radius 3 is 2.70 bits per heavy atom. The SMILES string of the molecule is CCc1c(CC2CCOCC2)cc(Cl)cc1C(=O)OC. The third-order valence-electron chi connectivity index (χ3n) is 3.92. The fourth-order valence-electron chi connectivity index (χ4n) is 2.85. The lowest BCUT2D eigenvalue weighted by atomic mass is 9.88. The first-order valence-corrected chi connectivity index (χ1v) is 7.50. The zero-order valence-corrected chi connectivity index (χ0v) is 12.8. The third-order valence-corrected chi connectivity index (χ3v) is 4.13. The molecule has 1 aromatic carbocycles. The van der Waals surface area contributed by atoms with E-state index in [9.17, 15) is 4.79 Å². The van der Waals surface area contributed by atoms with Crippen LogP contribution < -0.4 is 0 Å². The summed E-state index contributed by atoms with van der Waals surface area (Å²) in [7, 11) is 1.40. The summed E-state index contributed by atoms with van der Waals surface area (Å²) >= 11 is 6.17. The van der Waals surface area contributed by atoms with E-state index in [0.29, 0.717) is 16.5 Å². The van der Waals surface area contributed by atoms with Gasteiger partial charge in [0, 0.05) is 18.2 Å². The number of hydrogen-bond donors (Lipinski definition) is 0. The van der Waals surface area contributed by atoms with Crippen molar-refractivity contribution in [1.82, 2.24) is 0 Å². The largest absolute Gasteiger partial charge is 0.465 e. The molecule has 20 heavy (non-hydrogen) atoms. The molecule has 110 valence electrons. The summed E-state index contributed by atoms with van der Waals surface area (Å²) in [5.41, 5.74) is 2.84. The first kappa shape index (κ1) is 15.3. The maximum absolute atomic E-state index is 11.9. The van der Waals surface area contributed by atoms with Gasteiger partial charge >= 0.3 is 5.97 Å². The van der Waals surface area contributed by atoms with Crippen molar-refractivity contribution in [3.05, 3.63) is 33.8 Å². The topological polar surface area (TPSA) is 35.5 Å². The molecule has 1 fully saturated rings. The predicted octanol–water partition coefficient (Wildman–Crippen LogP) is 3.66. The quantitative estimate of drug-likeness (QED) is 0.796. The number of rotatable bonds is 4. The average molecular weight is 297 g/mol. The molecule has 0 radical (unpaired) electrons. The van der Waals surface area contributed by atoms with Gasteiger partial charge in [0.05, 0.1) is 12.7 Å². The van der Waals surface area contributed by atoms with E-state index in [4.69, 9.17) is 21.1 Å². The highest BCUT2D eigenvalue weighted by atomic mass is 35.5. The summed E-state index contributed by atoms with van der Waals surface area (Å²) in [5.74, 6) is 0.301. The molecule has 0 saturated carbocycles. The van der Waals surface area contributed by atoms with Gasteiger partial charge in [-0.1, -0.05) is 18.5 Å². The molecule has 0 unspecified atom stereocenters. The Labute approximate surface area is 125 Å². The van der Waals surface area contributed by atoms with Crippen LogP contribution in [0, 0.1) is 5.92 Å². The Balaban J connectivity index is 2.30. The number of methoxy groups -OCH3 is 1. The van der Waals surface area contributed by atoms with Crippen LogP contribution in [0.25, 0.3) is 0 Å². The molecule has 0 N–H and O–H groups in total. The monoisotopic (exact) mass is 296 g/mol. The number of halogens is 1. The van der Waals surface area contributed by atoms with Gasteiger partial charge in [0.25, 0.3) is 0 Å². The van der Waals surface area contributed by atoms with Gasteiger partial charge in [0.2, 0.25) is 0 Å². The molecule has 0 spiro atoms. The second kappa shape index (κ2) is 7.09. The maximum atomic E-state index is 11.9. The lowest BCUT2D eigenvalue weighted by Gasteiger charge is -2.23. The van der Waals surface area contributed by atoms with Crippen LogP contribution in [0.4, 0.5) is 0 Å². The highest BCUT2D eigenvalue weighted by molar-refractivity contribution is 6.31. The van der Waals surface area contributed by atoms with Gasteiger partial charge in [-0.15, -0.1) is 0 Å². The number of carbonyl (C=O) groups excluding carboxylic acids is 1. The van der Waals surface area contributed by atoms with Gasteiger partial charge in [-0.3, -0.25) is 0 Å². The lowest BCUT2D eigenvalue weighted by Crippen LogP contribution is -2.19. The van der Waals surface area contributed by atoms with Crippen molar-refractivity contribution in [3.63, 3.8) is 0 Å². The molecule has 1 aromatic rings. The third kappa shape index (κ3) is 3.53. The summed E-state index contributed by atoms with van der Waals surface area (Å²) in [6, 6.07) is 3.70.